The molecule has 3 aromatic carbocycles. The van der Waals surface area contributed by atoms with Crippen molar-refractivity contribution in [2.45, 2.75) is 39.2 Å². The van der Waals surface area contributed by atoms with Crippen LogP contribution in [0.2, 0.25) is 0 Å². The normalized spacial score (nSPS) is 19.1. The lowest BCUT2D eigenvalue weighted by Crippen LogP contribution is -2.24. The van der Waals surface area contributed by atoms with Crippen LogP contribution >= 0.6 is 0 Å². The zero-order valence-corrected chi connectivity index (χ0v) is 23.7. The lowest BCUT2D eigenvalue weighted by atomic mass is 9.96. The Morgan fingerprint density at radius 2 is 1.76 bits per heavy atom. The number of aryl methyl sites for hydroxylation is 1. The predicted octanol–water partition coefficient (Wildman–Crippen LogP) is 5.18. The first-order valence-electron chi connectivity index (χ1n) is 13.9. The van der Waals surface area contributed by atoms with Crippen LogP contribution < -0.4 is 15.7 Å². The first-order chi connectivity index (χ1) is 19.9. The minimum atomic E-state index is -0.304. The van der Waals surface area contributed by atoms with Gasteiger partial charge in [0.15, 0.2) is 0 Å². The molecule has 0 spiro atoms. The number of hydrogen-bond donors (Lipinski definition) is 2. The Balaban J connectivity index is 1.33. The van der Waals surface area contributed by atoms with Crippen molar-refractivity contribution in [2.75, 3.05) is 12.4 Å². The number of ether oxygens (including phenoxy) is 1. The van der Waals surface area contributed by atoms with Gasteiger partial charge in [-0.2, -0.15) is 5.21 Å². The second-order valence-electron chi connectivity index (χ2n) is 11.0. The highest BCUT2D eigenvalue weighted by Gasteiger charge is 2.28. The third-order valence-corrected chi connectivity index (χ3v) is 8.38. The molecule has 0 aliphatic heterocycles. The average Bonchev–Trinajstić information content (AvgIpc) is 3.69. The fourth-order valence-corrected chi connectivity index (χ4v) is 5.82. The number of amides is 1. The minimum Gasteiger partial charge on any atom is -0.497 e. The van der Waals surface area contributed by atoms with Crippen LogP contribution in [0.25, 0.3) is 11.0 Å². The van der Waals surface area contributed by atoms with Crippen molar-refractivity contribution >= 4 is 28.6 Å². The Morgan fingerprint density at radius 1 is 1.02 bits per heavy atom. The number of nitrogens with one attached hydrogen (secondary N) is 2. The Morgan fingerprint density at radius 3 is 2.41 bits per heavy atom. The zero-order valence-electron chi connectivity index (χ0n) is 23.7. The summed E-state index contributed by atoms with van der Waals surface area (Å²) in [6, 6.07) is 22.3. The largest absolute Gasteiger partial charge is 0.497 e. The number of methoxy groups -OCH3 is 1. The molecule has 2 heterocycles. The van der Waals surface area contributed by atoms with Gasteiger partial charge in [-0.05, 0) is 83.3 Å². The minimum absolute atomic E-state index is 0.131. The zero-order chi connectivity index (χ0) is 28.5. The van der Waals surface area contributed by atoms with Gasteiger partial charge < -0.3 is 13.9 Å². The molecule has 0 saturated heterocycles. The number of carbonyl (C=O) groups excluding carboxylic acids is 1. The molecule has 210 valence electrons. The molecular weight excluding hydrogens is 516 g/mol. The fraction of sp³-hybridized carbons (Fsp3) is 0.323. The monoisotopic (exact) mass is 550 g/mol. The van der Waals surface area contributed by atoms with Gasteiger partial charge in [-0.25, -0.2) is 4.99 Å². The van der Waals surface area contributed by atoms with E-state index in [-0.39, 0.29) is 11.9 Å². The number of tetrazole rings is 1. The molecule has 1 amide bonds. The van der Waals surface area contributed by atoms with Crippen molar-refractivity contribution in [1.29, 1.82) is 0 Å². The number of carbonyl (C=O) groups is 1. The maximum atomic E-state index is 12.6. The van der Waals surface area contributed by atoms with Crippen LogP contribution in [0.3, 0.4) is 0 Å². The van der Waals surface area contributed by atoms with Gasteiger partial charge in [0.25, 0.3) is 11.9 Å². The van der Waals surface area contributed by atoms with Crippen LogP contribution in [0.15, 0.2) is 71.7 Å². The number of rotatable bonds is 7. The standard InChI is InChI=1S/C31H34N8O2/c1-19-15-24(16-20(19)2)22-9-11-25(12-10-22)32-31-38(3)27-14-13-26(41-4)17-28(27)39(31)18-21-5-7-23(8-6-21)29(40)33-30-34-36-37-35-30/h5-14,17,19-20,24H,15-16,18H2,1-4H3,(H2,33,34,35,36,37,40). The quantitative estimate of drug-likeness (QED) is 0.290. The van der Waals surface area contributed by atoms with Gasteiger partial charge in [-0.3, -0.25) is 10.1 Å². The number of hydrogen-bond acceptors (Lipinski definition) is 6. The molecule has 0 radical (unpaired) electrons. The van der Waals surface area contributed by atoms with Gasteiger partial charge in [0.1, 0.15) is 5.75 Å². The number of fused-ring (bicyclic) bond motifs is 1. The van der Waals surface area contributed by atoms with Crippen molar-refractivity contribution in [3.63, 3.8) is 0 Å². The molecule has 6 rings (SSSR count). The van der Waals surface area contributed by atoms with Crippen molar-refractivity contribution in [2.24, 2.45) is 23.9 Å². The second-order valence-corrected chi connectivity index (χ2v) is 11.0. The Kier molecular flexibility index (Phi) is 7.13. The second kappa shape index (κ2) is 11.0. The van der Waals surface area contributed by atoms with E-state index in [1.165, 1.54) is 18.4 Å². The summed E-state index contributed by atoms with van der Waals surface area (Å²) in [5.41, 5.74) is 6.72. The van der Waals surface area contributed by atoms with E-state index < -0.39 is 0 Å². The molecule has 1 aliphatic rings. The lowest BCUT2D eigenvalue weighted by molar-refractivity contribution is 0.102. The number of benzene rings is 3. The number of imidazole rings is 1. The van der Waals surface area contributed by atoms with E-state index in [0.29, 0.717) is 18.0 Å². The topological polar surface area (TPSA) is 115 Å². The molecule has 2 N–H and O–H groups in total. The maximum Gasteiger partial charge on any atom is 0.270 e. The van der Waals surface area contributed by atoms with Crippen LogP contribution in [0.4, 0.5) is 11.6 Å². The highest BCUT2D eigenvalue weighted by Crippen LogP contribution is 2.42. The van der Waals surface area contributed by atoms with E-state index in [0.717, 1.165) is 45.5 Å². The van der Waals surface area contributed by atoms with Crippen molar-refractivity contribution in [3.8, 4) is 5.75 Å². The molecule has 1 fully saturated rings. The molecule has 5 aromatic rings. The van der Waals surface area contributed by atoms with Gasteiger partial charge in [0, 0.05) is 18.7 Å². The molecular formula is C31H34N8O2. The van der Waals surface area contributed by atoms with Crippen molar-refractivity contribution in [1.82, 2.24) is 29.8 Å². The first kappa shape index (κ1) is 26.5. The van der Waals surface area contributed by atoms with E-state index >= 15 is 0 Å². The number of H-pyrrole nitrogens is 1. The summed E-state index contributed by atoms with van der Waals surface area (Å²) in [6.45, 7) is 5.29. The fourth-order valence-electron chi connectivity index (χ4n) is 5.82. The molecule has 10 heteroatoms. The summed E-state index contributed by atoms with van der Waals surface area (Å²) in [4.78, 5) is 17.7. The summed E-state index contributed by atoms with van der Waals surface area (Å²) in [7, 11) is 3.71. The van der Waals surface area contributed by atoms with Gasteiger partial charge in [-0.1, -0.05) is 43.2 Å². The Hall–Kier alpha value is -4.73. The van der Waals surface area contributed by atoms with Crippen LogP contribution in [0.1, 0.15) is 54.1 Å². The molecule has 1 aliphatic carbocycles. The molecule has 2 aromatic heterocycles. The van der Waals surface area contributed by atoms with Gasteiger partial charge in [0.2, 0.25) is 5.62 Å². The van der Waals surface area contributed by atoms with Crippen LogP contribution in [0.5, 0.6) is 5.75 Å². The van der Waals surface area contributed by atoms with Crippen LogP contribution in [-0.2, 0) is 13.6 Å². The van der Waals surface area contributed by atoms with Gasteiger partial charge >= 0.3 is 0 Å². The summed E-state index contributed by atoms with van der Waals surface area (Å²) in [5, 5.41) is 15.9. The van der Waals surface area contributed by atoms with E-state index in [1.54, 1.807) is 19.2 Å². The first-order valence-corrected chi connectivity index (χ1v) is 13.9. The smallest absolute Gasteiger partial charge is 0.270 e. The van der Waals surface area contributed by atoms with E-state index in [4.69, 9.17) is 9.73 Å². The van der Waals surface area contributed by atoms with E-state index in [9.17, 15) is 4.79 Å². The van der Waals surface area contributed by atoms with Crippen LogP contribution in [-0.4, -0.2) is 42.8 Å². The Bertz CT molecular complexity index is 1720. The van der Waals surface area contributed by atoms with Crippen molar-refractivity contribution < 1.29 is 9.53 Å². The Labute approximate surface area is 238 Å². The summed E-state index contributed by atoms with van der Waals surface area (Å²) in [5.74, 6) is 2.77. The summed E-state index contributed by atoms with van der Waals surface area (Å²) >= 11 is 0. The number of anilines is 1. The molecule has 0 bridgehead atoms. The third kappa shape index (κ3) is 5.37. The summed E-state index contributed by atoms with van der Waals surface area (Å²) < 4.78 is 9.83. The SMILES string of the molecule is COc1ccc2c(c1)n(Cc1ccc(C(=O)Nc3nn[nH]n3)cc1)c(=Nc1ccc(C3CC(C)C(C)C3)cc1)n2C. The van der Waals surface area contributed by atoms with E-state index in [2.05, 4.69) is 79.3 Å². The summed E-state index contributed by atoms with van der Waals surface area (Å²) in [6.07, 6.45) is 2.50. The highest BCUT2D eigenvalue weighted by molar-refractivity contribution is 6.03. The third-order valence-electron chi connectivity index (χ3n) is 8.38. The molecule has 1 saturated carbocycles. The van der Waals surface area contributed by atoms with Crippen molar-refractivity contribution in [3.05, 3.63) is 89.0 Å². The lowest BCUT2D eigenvalue weighted by Gasteiger charge is -2.10. The van der Waals surface area contributed by atoms with E-state index in [1.807, 2.05) is 31.3 Å². The highest BCUT2D eigenvalue weighted by atomic mass is 16.5. The van der Waals surface area contributed by atoms with Gasteiger partial charge in [-0.15, -0.1) is 5.10 Å². The average molecular weight is 551 g/mol. The van der Waals surface area contributed by atoms with Crippen LogP contribution in [0, 0.1) is 11.8 Å². The molecule has 10 nitrogen and oxygen atoms in total. The van der Waals surface area contributed by atoms with Gasteiger partial charge in [0.05, 0.1) is 30.4 Å². The number of nitrogens with zero attached hydrogens (tertiary/aromatic N) is 6. The molecule has 41 heavy (non-hydrogen) atoms. The predicted molar refractivity (Wildman–Crippen MR) is 157 cm³/mol. The molecule has 2 unspecified atom stereocenters. The maximum absolute atomic E-state index is 12.6. The number of aromatic nitrogens is 6. The molecule has 2 atom stereocenters. The number of aromatic amines is 1.